The molecule has 0 radical (unpaired) electrons. The summed E-state index contributed by atoms with van der Waals surface area (Å²) >= 11 is 3.48. The molecule has 118 valence electrons. The second-order valence-electron chi connectivity index (χ2n) is 5.79. The number of hydrogen-bond donors (Lipinski definition) is 0. The van der Waals surface area contributed by atoms with Crippen molar-refractivity contribution in [1.29, 1.82) is 0 Å². The molecule has 4 rings (SSSR count). The van der Waals surface area contributed by atoms with Gasteiger partial charge in [-0.25, -0.2) is 9.97 Å². The second kappa shape index (κ2) is 5.53. The Hall–Kier alpha value is -2.08. The Labute approximate surface area is 142 Å². The van der Waals surface area contributed by atoms with Crippen LogP contribution in [0.2, 0.25) is 0 Å². The number of hydrogen-bond acceptors (Lipinski definition) is 4. The number of ether oxygens (including phenoxy) is 2. The first-order valence-electron chi connectivity index (χ1n) is 7.55. The molecular formula is C17H16BrN3O2. The van der Waals surface area contributed by atoms with Gasteiger partial charge in [-0.15, -0.1) is 0 Å². The standard InChI is InChI=1S/C17H16BrN3O2/c1-10(2)21-12-7-11(18)8-19-16(12)20-17(21)15-9-22-13-5-3-4-6-14(13)23-15/h3-8,10,15H,9H2,1-2H3. The minimum absolute atomic E-state index is 0.242. The van der Waals surface area contributed by atoms with Gasteiger partial charge in [0.25, 0.3) is 0 Å². The second-order valence-corrected chi connectivity index (χ2v) is 6.71. The third-order valence-corrected chi connectivity index (χ3v) is 4.29. The summed E-state index contributed by atoms with van der Waals surface area (Å²) in [4.78, 5) is 9.11. The van der Waals surface area contributed by atoms with E-state index in [1.54, 1.807) is 6.20 Å². The van der Waals surface area contributed by atoms with Crippen molar-refractivity contribution >= 4 is 27.1 Å². The Kier molecular flexibility index (Phi) is 3.49. The van der Waals surface area contributed by atoms with Crippen molar-refractivity contribution in [3.8, 4) is 11.5 Å². The molecular weight excluding hydrogens is 358 g/mol. The third kappa shape index (κ3) is 2.47. The van der Waals surface area contributed by atoms with Crippen LogP contribution in [0.1, 0.15) is 31.8 Å². The van der Waals surface area contributed by atoms with Gasteiger partial charge in [0, 0.05) is 16.7 Å². The first-order valence-corrected chi connectivity index (χ1v) is 8.34. The molecule has 0 fully saturated rings. The number of fused-ring (bicyclic) bond motifs is 2. The fourth-order valence-electron chi connectivity index (χ4n) is 2.89. The molecule has 0 saturated heterocycles. The number of pyridine rings is 1. The molecule has 1 aromatic carbocycles. The monoisotopic (exact) mass is 373 g/mol. The smallest absolute Gasteiger partial charge is 0.190 e. The minimum Gasteiger partial charge on any atom is -0.485 e. The zero-order chi connectivity index (χ0) is 16.0. The molecule has 1 unspecified atom stereocenters. The normalized spacial score (nSPS) is 17.0. The van der Waals surface area contributed by atoms with E-state index < -0.39 is 0 Å². The molecule has 1 aliphatic heterocycles. The number of halogens is 1. The Balaban J connectivity index is 1.82. The van der Waals surface area contributed by atoms with Gasteiger partial charge in [0.1, 0.15) is 6.61 Å². The quantitative estimate of drug-likeness (QED) is 0.672. The lowest BCUT2D eigenvalue weighted by Crippen LogP contribution is -2.25. The van der Waals surface area contributed by atoms with Gasteiger partial charge in [-0.1, -0.05) is 12.1 Å². The Morgan fingerprint density at radius 3 is 2.83 bits per heavy atom. The highest BCUT2D eigenvalue weighted by atomic mass is 79.9. The van der Waals surface area contributed by atoms with Gasteiger partial charge in [0.05, 0.1) is 5.52 Å². The number of imidazole rings is 1. The summed E-state index contributed by atoms with van der Waals surface area (Å²) in [6.45, 7) is 4.69. The van der Waals surface area contributed by atoms with Gasteiger partial charge < -0.3 is 14.0 Å². The highest BCUT2D eigenvalue weighted by Crippen LogP contribution is 2.37. The lowest BCUT2D eigenvalue weighted by atomic mass is 10.2. The van der Waals surface area contributed by atoms with Crippen molar-refractivity contribution < 1.29 is 9.47 Å². The third-order valence-electron chi connectivity index (χ3n) is 3.85. The molecule has 1 aliphatic rings. The SMILES string of the molecule is CC(C)n1c(C2COc3ccccc3O2)nc2ncc(Br)cc21. The molecule has 6 heteroatoms. The fraction of sp³-hybridized carbons (Fsp3) is 0.294. The molecule has 5 nitrogen and oxygen atoms in total. The number of benzene rings is 1. The molecule has 23 heavy (non-hydrogen) atoms. The van der Waals surface area contributed by atoms with Crippen LogP contribution in [0.4, 0.5) is 0 Å². The number of nitrogens with zero attached hydrogens (tertiary/aromatic N) is 3. The molecule has 1 atom stereocenters. The zero-order valence-electron chi connectivity index (χ0n) is 12.9. The van der Waals surface area contributed by atoms with Crippen molar-refractivity contribution in [3.05, 3.63) is 46.8 Å². The number of rotatable bonds is 2. The van der Waals surface area contributed by atoms with Gasteiger partial charge in [-0.3, -0.25) is 0 Å². The average Bonchev–Trinajstić information content (AvgIpc) is 2.93. The number of aromatic nitrogens is 3. The van der Waals surface area contributed by atoms with Crippen molar-refractivity contribution in [2.24, 2.45) is 0 Å². The maximum absolute atomic E-state index is 6.12. The molecule has 0 saturated carbocycles. The van der Waals surface area contributed by atoms with Crippen LogP contribution >= 0.6 is 15.9 Å². The van der Waals surface area contributed by atoms with Crippen molar-refractivity contribution in [2.45, 2.75) is 26.0 Å². The van der Waals surface area contributed by atoms with Gasteiger partial charge in [-0.2, -0.15) is 0 Å². The molecule has 0 bridgehead atoms. The predicted molar refractivity (Wildman–Crippen MR) is 90.9 cm³/mol. The van der Waals surface area contributed by atoms with Crippen LogP contribution in [-0.4, -0.2) is 21.1 Å². The molecule has 0 amide bonds. The molecule has 0 N–H and O–H groups in total. The first-order chi connectivity index (χ1) is 11.1. The molecule has 0 spiro atoms. The number of para-hydroxylation sites is 2. The summed E-state index contributed by atoms with van der Waals surface area (Å²) in [6, 6.07) is 9.99. The van der Waals surface area contributed by atoms with Crippen LogP contribution in [0.25, 0.3) is 11.2 Å². The summed E-state index contributed by atoms with van der Waals surface area (Å²) in [5, 5.41) is 0. The van der Waals surface area contributed by atoms with E-state index in [4.69, 9.17) is 14.5 Å². The minimum atomic E-state index is -0.250. The van der Waals surface area contributed by atoms with E-state index >= 15 is 0 Å². The maximum Gasteiger partial charge on any atom is 0.190 e. The highest BCUT2D eigenvalue weighted by Gasteiger charge is 2.28. The van der Waals surface area contributed by atoms with Crippen molar-refractivity contribution in [3.63, 3.8) is 0 Å². The van der Waals surface area contributed by atoms with E-state index in [0.717, 1.165) is 33.0 Å². The summed E-state index contributed by atoms with van der Waals surface area (Å²) in [7, 11) is 0. The fourth-order valence-corrected chi connectivity index (χ4v) is 3.21. The molecule has 3 heterocycles. The lowest BCUT2D eigenvalue weighted by Gasteiger charge is -2.27. The van der Waals surface area contributed by atoms with Crippen LogP contribution < -0.4 is 9.47 Å². The van der Waals surface area contributed by atoms with Crippen LogP contribution in [0.5, 0.6) is 11.5 Å². The molecule has 0 aliphatic carbocycles. The largest absolute Gasteiger partial charge is 0.485 e. The van der Waals surface area contributed by atoms with E-state index in [9.17, 15) is 0 Å². The Morgan fingerprint density at radius 1 is 1.26 bits per heavy atom. The molecule has 3 aromatic rings. The van der Waals surface area contributed by atoms with Crippen LogP contribution in [0, 0.1) is 0 Å². The summed E-state index contributed by atoms with van der Waals surface area (Å²) in [5.74, 6) is 2.37. The topological polar surface area (TPSA) is 49.2 Å². The van der Waals surface area contributed by atoms with E-state index in [2.05, 4.69) is 39.3 Å². The van der Waals surface area contributed by atoms with Gasteiger partial charge in [0.15, 0.2) is 29.1 Å². The van der Waals surface area contributed by atoms with E-state index in [1.165, 1.54) is 0 Å². The Morgan fingerprint density at radius 2 is 2.04 bits per heavy atom. The zero-order valence-corrected chi connectivity index (χ0v) is 14.4. The van der Waals surface area contributed by atoms with Crippen LogP contribution in [0.3, 0.4) is 0 Å². The predicted octanol–water partition coefficient (Wildman–Crippen LogP) is 4.29. The van der Waals surface area contributed by atoms with Crippen molar-refractivity contribution in [1.82, 2.24) is 14.5 Å². The maximum atomic E-state index is 6.12. The van der Waals surface area contributed by atoms with Crippen LogP contribution in [0.15, 0.2) is 41.0 Å². The lowest BCUT2D eigenvalue weighted by molar-refractivity contribution is 0.0820. The summed E-state index contributed by atoms with van der Waals surface area (Å²) < 4.78 is 15.1. The van der Waals surface area contributed by atoms with Crippen LogP contribution in [-0.2, 0) is 0 Å². The average molecular weight is 374 g/mol. The van der Waals surface area contributed by atoms with E-state index in [1.807, 2.05) is 30.3 Å². The Bertz CT molecular complexity index is 875. The van der Waals surface area contributed by atoms with E-state index in [0.29, 0.717) is 6.61 Å². The summed E-state index contributed by atoms with van der Waals surface area (Å²) in [6.07, 6.45) is 1.51. The van der Waals surface area contributed by atoms with E-state index in [-0.39, 0.29) is 12.1 Å². The van der Waals surface area contributed by atoms with Gasteiger partial charge >= 0.3 is 0 Å². The van der Waals surface area contributed by atoms with Gasteiger partial charge in [0.2, 0.25) is 0 Å². The highest BCUT2D eigenvalue weighted by molar-refractivity contribution is 9.10. The summed E-state index contributed by atoms with van der Waals surface area (Å²) in [5.41, 5.74) is 1.71. The van der Waals surface area contributed by atoms with Crippen molar-refractivity contribution in [2.75, 3.05) is 6.61 Å². The van der Waals surface area contributed by atoms with Gasteiger partial charge in [-0.05, 0) is 48.0 Å². The molecule has 2 aromatic heterocycles. The first kappa shape index (κ1) is 14.5.